The van der Waals surface area contributed by atoms with Crippen molar-refractivity contribution in [2.24, 2.45) is 0 Å². The van der Waals surface area contributed by atoms with Gasteiger partial charge in [-0.15, -0.1) is 11.3 Å². The van der Waals surface area contributed by atoms with Crippen molar-refractivity contribution in [2.75, 3.05) is 5.73 Å². The summed E-state index contributed by atoms with van der Waals surface area (Å²) in [4.78, 5) is 11.6. The third-order valence-electron chi connectivity index (χ3n) is 1.94. The molecule has 4 nitrogen and oxygen atoms in total. The van der Waals surface area contributed by atoms with E-state index in [4.69, 9.17) is 10.2 Å². The minimum Gasteiger partial charge on any atom is -0.467 e. The van der Waals surface area contributed by atoms with Gasteiger partial charge in [-0.25, -0.2) is 0 Å². The third kappa shape index (κ3) is 2.19. The molecular formula is C10H10N2O2S. The molecule has 0 aliphatic heterocycles. The van der Waals surface area contributed by atoms with Crippen LogP contribution >= 0.6 is 11.3 Å². The van der Waals surface area contributed by atoms with Crippen molar-refractivity contribution < 1.29 is 9.21 Å². The molecule has 0 aromatic carbocycles. The first-order valence-corrected chi connectivity index (χ1v) is 5.29. The van der Waals surface area contributed by atoms with E-state index in [1.807, 2.05) is 0 Å². The van der Waals surface area contributed by atoms with Crippen LogP contribution in [0.25, 0.3) is 0 Å². The fourth-order valence-electron chi connectivity index (χ4n) is 1.18. The number of nitrogens with one attached hydrogen (secondary N) is 1. The van der Waals surface area contributed by atoms with Crippen LogP contribution < -0.4 is 11.1 Å². The molecule has 2 rings (SSSR count). The highest BCUT2D eigenvalue weighted by atomic mass is 32.1. The molecule has 0 bridgehead atoms. The van der Waals surface area contributed by atoms with Gasteiger partial charge in [-0.1, -0.05) is 0 Å². The van der Waals surface area contributed by atoms with Crippen LogP contribution in [0.4, 0.5) is 5.00 Å². The maximum absolute atomic E-state index is 11.6. The normalized spacial score (nSPS) is 10.1. The van der Waals surface area contributed by atoms with Crippen LogP contribution in [0.3, 0.4) is 0 Å². The highest BCUT2D eigenvalue weighted by molar-refractivity contribution is 7.14. The summed E-state index contributed by atoms with van der Waals surface area (Å²) in [5.74, 6) is 0.544. The van der Waals surface area contributed by atoms with Gasteiger partial charge in [-0.2, -0.15) is 0 Å². The molecule has 0 saturated heterocycles. The summed E-state index contributed by atoms with van der Waals surface area (Å²) in [6.45, 7) is 0.376. The second-order valence-electron chi connectivity index (χ2n) is 2.96. The van der Waals surface area contributed by atoms with Crippen LogP contribution in [0.1, 0.15) is 16.1 Å². The number of carbonyl (C=O) groups is 1. The number of thiophene rings is 1. The molecule has 0 unspecified atom stereocenters. The van der Waals surface area contributed by atoms with Crippen molar-refractivity contribution in [3.8, 4) is 0 Å². The summed E-state index contributed by atoms with van der Waals surface area (Å²) in [7, 11) is 0. The summed E-state index contributed by atoms with van der Waals surface area (Å²) < 4.78 is 5.09. The lowest BCUT2D eigenvalue weighted by atomic mass is 10.3. The van der Waals surface area contributed by atoms with Crippen molar-refractivity contribution in [1.82, 2.24) is 5.32 Å². The monoisotopic (exact) mass is 222 g/mol. The lowest BCUT2D eigenvalue weighted by Gasteiger charge is -2.01. The van der Waals surface area contributed by atoms with Gasteiger partial charge in [0, 0.05) is 0 Å². The molecule has 3 N–H and O–H groups in total. The summed E-state index contributed by atoms with van der Waals surface area (Å²) in [5, 5.41) is 5.05. The number of rotatable bonds is 3. The minimum absolute atomic E-state index is 0.176. The topological polar surface area (TPSA) is 68.3 Å². The Bertz CT molecular complexity index is 448. The molecule has 5 heteroatoms. The number of furan rings is 1. The van der Waals surface area contributed by atoms with E-state index < -0.39 is 0 Å². The van der Waals surface area contributed by atoms with Gasteiger partial charge in [-0.3, -0.25) is 4.79 Å². The molecule has 0 radical (unpaired) electrons. The first-order valence-electron chi connectivity index (χ1n) is 4.41. The van der Waals surface area contributed by atoms with Crippen LogP contribution in [0.2, 0.25) is 0 Å². The van der Waals surface area contributed by atoms with Gasteiger partial charge in [-0.05, 0) is 23.6 Å². The highest BCUT2D eigenvalue weighted by Crippen LogP contribution is 2.18. The molecule has 0 aliphatic carbocycles. The fraction of sp³-hybridized carbons (Fsp3) is 0.100. The third-order valence-corrected chi connectivity index (χ3v) is 2.69. The van der Waals surface area contributed by atoms with Crippen LogP contribution in [0.5, 0.6) is 0 Å². The average Bonchev–Trinajstić information content (AvgIpc) is 2.84. The smallest absolute Gasteiger partial charge is 0.254 e. The van der Waals surface area contributed by atoms with Gasteiger partial charge >= 0.3 is 0 Å². The Balaban J connectivity index is 1.96. The standard InChI is InChI=1S/C10H10N2O2S/c11-9-8(3-5-15-9)10(13)12-6-7-2-1-4-14-7/h1-5H,6,11H2,(H,12,13). The number of anilines is 1. The molecule has 2 aromatic rings. The Morgan fingerprint density at radius 1 is 1.53 bits per heavy atom. The fourth-order valence-corrected chi connectivity index (χ4v) is 1.82. The van der Waals surface area contributed by atoms with Crippen LogP contribution in [-0.2, 0) is 6.54 Å². The van der Waals surface area contributed by atoms with Crippen LogP contribution in [-0.4, -0.2) is 5.91 Å². The number of nitrogen functional groups attached to an aromatic ring is 1. The number of hydrogen-bond donors (Lipinski definition) is 2. The highest BCUT2D eigenvalue weighted by Gasteiger charge is 2.10. The van der Waals surface area contributed by atoms with E-state index >= 15 is 0 Å². The molecule has 2 heterocycles. The van der Waals surface area contributed by atoms with Crippen LogP contribution in [0.15, 0.2) is 34.3 Å². The summed E-state index contributed by atoms with van der Waals surface area (Å²) in [5.41, 5.74) is 6.14. The Morgan fingerprint density at radius 2 is 2.40 bits per heavy atom. The number of amides is 1. The van der Waals surface area contributed by atoms with Crippen molar-refractivity contribution in [2.45, 2.75) is 6.54 Å². The maximum atomic E-state index is 11.6. The van der Waals surface area contributed by atoms with Crippen molar-refractivity contribution in [3.05, 3.63) is 41.2 Å². The predicted molar refractivity (Wildman–Crippen MR) is 58.6 cm³/mol. The average molecular weight is 222 g/mol. The van der Waals surface area contributed by atoms with Gasteiger partial charge in [0.1, 0.15) is 5.76 Å². The first kappa shape index (κ1) is 9.79. The summed E-state index contributed by atoms with van der Waals surface area (Å²) in [6.07, 6.45) is 1.57. The zero-order valence-electron chi connectivity index (χ0n) is 7.90. The van der Waals surface area contributed by atoms with E-state index in [1.165, 1.54) is 11.3 Å². The van der Waals surface area contributed by atoms with E-state index in [0.717, 1.165) is 5.76 Å². The van der Waals surface area contributed by atoms with E-state index in [2.05, 4.69) is 5.32 Å². The first-order chi connectivity index (χ1) is 7.27. The molecular weight excluding hydrogens is 212 g/mol. The molecule has 15 heavy (non-hydrogen) atoms. The van der Waals surface area contributed by atoms with E-state index in [0.29, 0.717) is 17.1 Å². The van der Waals surface area contributed by atoms with Gasteiger partial charge < -0.3 is 15.5 Å². The Labute approximate surface area is 90.7 Å². The summed E-state index contributed by atoms with van der Waals surface area (Å²) >= 11 is 1.35. The van der Waals surface area contributed by atoms with E-state index in [9.17, 15) is 4.79 Å². The van der Waals surface area contributed by atoms with E-state index in [-0.39, 0.29) is 5.91 Å². The number of hydrogen-bond acceptors (Lipinski definition) is 4. The SMILES string of the molecule is Nc1sccc1C(=O)NCc1ccco1. The van der Waals surface area contributed by atoms with Crippen molar-refractivity contribution in [3.63, 3.8) is 0 Å². The number of carbonyl (C=O) groups excluding carboxylic acids is 1. The van der Waals surface area contributed by atoms with Gasteiger partial charge in [0.05, 0.1) is 23.4 Å². The second kappa shape index (κ2) is 4.18. The largest absolute Gasteiger partial charge is 0.467 e. The molecule has 1 amide bonds. The second-order valence-corrected chi connectivity index (χ2v) is 3.91. The Hall–Kier alpha value is -1.75. The molecule has 0 fully saturated rings. The molecule has 2 aromatic heterocycles. The molecule has 0 atom stereocenters. The molecule has 78 valence electrons. The maximum Gasteiger partial charge on any atom is 0.254 e. The van der Waals surface area contributed by atoms with Crippen molar-refractivity contribution in [1.29, 1.82) is 0 Å². The van der Waals surface area contributed by atoms with Gasteiger partial charge in [0.25, 0.3) is 5.91 Å². The number of nitrogens with two attached hydrogens (primary N) is 1. The predicted octanol–water partition coefficient (Wildman–Crippen LogP) is 1.85. The van der Waals surface area contributed by atoms with E-state index in [1.54, 1.807) is 29.8 Å². The van der Waals surface area contributed by atoms with Gasteiger partial charge in [0.2, 0.25) is 0 Å². The lowest BCUT2D eigenvalue weighted by Crippen LogP contribution is -2.22. The Kier molecular flexibility index (Phi) is 2.73. The zero-order chi connectivity index (χ0) is 10.7. The Morgan fingerprint density at radius 3 is 3.00 bits per heavy atom. The lowest BCUT2D eigenvalue weighted by molar-refractivity contribution is 0.0949. The van der Waals surface area contributed by atoms with Crippen LogP contribution in [0, 0.1) is 0 Å². The zero-order valence-corrected chi connectivity index (χ0v) is 8.71. The minimum atomic E-state index is -0.176. The summed E-state index contributed by atoms with van der Waals surface area (Å²) in [6, 6.07) is 5.29. The van der Waals surface area contributed by atoms with Crippen molar-refractivity contribution >= 4 is 22.2 Å². The van der Waals surface area contributed by atoms with Gasteiger partial charge in [0.15, 0.2) is 0 Å². The molecule has 0 spiro atoms. The molecule has 0 saturated carbocycles. The quantitative estimate of drug-likeness (QED) is 0.832. The molecule has 0 aliphatic rings.